The van der Waals surface area contributed by atoms with E-state index in [4.69, 9.17) is 5.73 Å². The number of carbonyl (C=O) groups is 1. The monoisotopic (exact) mass is 246 g/mol. The Morgan fingerprint density at radius 2 is 2.22 bits per heavy atom. The molecule has 1 aromatic rings. The van der Waals surface area contributed by atoms with Crippen LogP contribution in [0.2, 0.25) is 0 Å². The molecule has 0 bridgehead atoms. The molecular formula is C15H22N2O. The summed E-state index contributed by atoms with van der Waals surface area (Å²) in [4.78, 5) is 14.1. The van der Waals surface area contributed by atoms with E-state index in [1.54, 1.807) is 0 Å². The van der Waals surface area contributed by atoms with Crippen LogP contribution in [0, 0.1) is 5.92 Å². The third kappa shape index (κ3) is 2.84. The molecule has 1 amide bonds. The number of carbonyl (C=O) groups excluding carboxylic acids is 1. The molecule has 3 heteroatoms. The molecule has 0 saturated carbocycles. The third-order valence-electron chi connectivity index (χ3n) is 3.60. The van der Waals surface area contributed by atoms with Crippen molar-refractivity contribution in [3.63, 3.8) is 0 Å². The average Bonchev–Trinajstić information content (AvgIpc) is 2.36. The van der Waals surface area contributed by atoms with Crippen LogP contribution >= 0.6 is 0 Å². The lowest BCUT2D eigenvalue weighted by atomic mass is 9.97. The minimum Gasteiger partial charge on any atom is -0.398 e. The van der Waals surface area contributed by atoms with Gasteiger partial charge in [0.05, 0.1) is 0 Å². The van der Waals surface area contributed by atoms with Crippen molar-refractivity contribution in [2.45, 2.75) is 39.7 Å². The molecule has 0 saturated heterocycles. The SMILES string of the molecule is CC(C)CCC(=O)N1CCc2cccc(N)c2C1. The number of anilines is 1. The highest BCUT2D eigenvalue weighted by Gasteiger charge is 2.21. The molecule has 0 radical (unpaired) electrons. The molecule has 98 valence electrons. The Hall–Kier alpha value is -1.51. The number of fused-ring (bicyclic) bond motifs is 1. The van der Waals surface area contributed by atoms with Crippen LogP contribution in [0.15, 0.2) is 18.2 Å². The highest BCUT2D eigenvalue weighted by Crippen LogP contribution is 2.24. The first-order valence-electron chi connectivity index (χ1n) is 6.72. The quantitative estimate of drug-likeness (QED) is 0.833. The summed E-state index contributed by atoms with van der Waals surface area (Å²) in [5.74, 6) is 0.841. The molecule has 0 aliphatic carbocycles. The van der Waals surface area contributed by atoms with E-state index in [1.807, 2.05) is 17.0 Å². The van der Waals surface area contributed by atoms with Gasteiger partial charge in [0, 0.05) is 25.2 Å². The minimum absolute atomic E-state index is 0.262. The zero-order chi connectivity index (χ0) is 13.1. The van der Waals surface area contributed by atoms with Crippen molar-refractivity contribution >= 4 is 11.6 Å². The maximum absolute atomic E-state index is 12.1. The molecule has 18 heavy (non-hydrogen) atoms. The van der Waals surface area contributed by atoms with Gasteiger partial charge in [-0.3, -0.25) is 4.79 Å². The molecule has 0 fully saturated rings. The summed E-state index contributed by atoms with van der Waals surface area (Å²) in [5, 5.41) is 0. The van der Waals surface area contributed by atoms with Crippen LogP contribution in [0.1, 0.15) is 37.8 Å². The Labute approximate surface area is 109 Å². The summed E-state index contributed by atoms with van der Waals surface area (Å²) in [7, 11) is 0. The van der Waals surface area contributed by atoms with Crippen molar-refractivity contribution in [1.29, 1.82) is 0 Å². The van der Waals surface area contributed by atoms with E-state index in [-0.39, 0.29) is 5.91 Å². The number of amides is 1. The first-order valence-corrected chi connectivity index (χ1v) is 6.72. The number of benzene rings is 1. The third-order valence-corrected chi connectivity index (χ3v) is 3.60. The second-order valence-corrected chi connectivity index (χ2v) is 5.48. The van der Waals surface area contributed by atoms with Gasteiger partial charge in [-0.2, -0.15) is 0 Å². The first-order chi connectivity index (χ1) is 8.58. The van der Waals surface area contributed by atoms with Gasteiger partial charge >= 0.3 is 0 Å². The number of nitrogen functional groups attached to an aromatic ring is 1. The lowest BCUT2D eigenvalue weighted by Crippen LogP contribution is -2.36. The normalized spacial score (nSPS) is 14.7. The summed E-state index contributed by atoms with van der Waals surface area (Å²) in [6.45, 7) is 5.81. The van der Waals surface area contributed by atoms with Gasteiger partial charge in [0.1, 0.15) is 0 Å². The van der Waals surface area contributed by atoms with Crippen molar-refractivity contribution in [2.75, 3.05) is 12.3 Å². The minimum atomic E-state index is 0.262. The van der Waals surface area contributed by atoms with E-state index >= 15 is 0 Å². The van der Waals surface area contributed by atoms with Crippen LogP contribution in [0.3, 0.4) is 0 Å². The molecular weight excluding hydrogens is 224 g/mol. The van der Waals surface area contributed by atoms with Gasteiger partial charge in [-0.05, 0) is 36.0 Å². The standard InChI is InChI=1S/C15H22N2O/c1-11(2)6-7-15(18)17-9-8-12-4-3-5-14(16)13(12)10-17/h3-5,11H,6-10,16H2,1-2H3. The molecule has 0 atom stereocenters. The number of nitrogens with zero attached hydrogens (tertiary/aromatic N) is 1. The molecule has 0 unspecified atom stereocenters. The molecule has 1 aromatic carbocycles. The largest absolute Gasteiger partial charge is 0.398 e. The Balaban J connectivity index is 2.03. The molecule has 2 N–H and O–H groups in total. The number of rotatable bonds is 3. The van der Waals surface area contributed by atoms with Gasteiger partial charge in [0.15, 0.2) is 0 Å². The maximum Gasteiger partial charge on any atom is 0.222 e. The van der Waals surface area contributed by atoms with Crippen LogP contribution in [-0.2, 0) is 17.8 Å². The van der Waals surface area contributed by atoms with Crippen LogP contribution in [0.25, 0.3) is 0 Å². The zero-order valence-corrected chi connectivity index (χ0v) is 11.3. The van der Waals surface area contributed by atoms with E-state index in [2.05, 4.69) is 19.9 Å². The molecule has 2 rings (SSSR count). The molecule has 1 aliphatic rings. The second kappa shape index (κ2) is 5.42. The Morgan fingerprint density at radius 1 is 1.44 bits per heavy atom. The summed E-state index contributed by atoms with van der Waals surface area (Å²) in [6.07, 6.45) is 2.54. The number of hydrogen-bond donors (Lipinski definition) is 1. The predicted octanol–water partition coefficient (Wildman–Crippen LogP) is 2.59. The molecule has 0 aromatic heterocycles. The Kier molecular flexibility index (Phi) is 3.90. The van der Waals surface area contributed by atoms with Crippen LogP contribution < -0.4 is 5.73 Å². The second-order valence-electron chi connectivity index (χ2n) is 5.48. The molecule has 3 nitrogen and oxygen atoms in total. The first kappa shape index (κ1) is 12.9. The van der Waals surface area contributed by atoms with Gasteiger partial charge in [0.2, 0.25) is 5.91 Å². The summed E-state index contributed by atoms with van der Waals surface area (Å²) in [6, 6.07) is 6.02. The van der Waals surface area contributed by atoms with Crippen molar-refractivity contribution < 1.29 is 4.79 Å². The van der Waals surface area contributed by atoms with Crippen molar-refractivity contribution in [3.05, 3.63) is 29.3 Å². The van der Waals surface area contributed by atoms with Gasteiger partial charge in [-0.1, -0.05) is 26.0 Å². The fourth-order valence-corrected chi connectivity index (χ4v) is 2.39. The Morgan fingerprint density at radius 3 is 2.94 bits per heavy atom. The lowest BCUT2D eigenvalue weighted by molar-refractivity contribution is -0.132. The van der Waals surface area contributed by atoms with E-state index in [1.165, 1.54) is 5.56 Å². The van der Waals surface area contributed by atoms with Crippen LogP contribution in [0.4, 0.5) is 5.69 Å². The summed E-state index contributed by atoms with van der Waals surface area (Å²) in [5.41, 5.74) is 9.24. The molecule has 1 heterocycles. The fraction of sp³-hybridized carbons (Fsp3) is 0.533. The van der Waals surface area contributed by atoms with E-state index in [0.29, 0.717) is 18.9 Å². The lowest BCUT2D eigenvalue weighted by Gasteiger charge is -2.30. The van der Waals surface area contributed by atoms with Crippen molar-refractivity contribution in [1.82, 2.24) is 4.90 Å². The molecule has 1 aliphatic heterocycles. The predicted molar refractivity (Wildman–Crippen MR) is 74.0 cm³/mol. The smallest absolute Gasteiger partial charge is 0.222 e. The topological polar surface area (TPSA) is 46.3 Å². The number of nitrogens with two attached hydrogens (primary N) is 1. The highest BCUT2D eigenvalue weighted by atomic mass is 16.2. The van der Waals surface area contributed by atoms with E-state index in [9.17, 15) is 4.79 Å². The van der Waals surface area contributed by atoms with Gasteiger partial charge < -0.3 is 10.6 Å². The Bertz CT molecular complexity index is 440. The van der Waals surface area contributed by atoms with Gasteiger partial charge in [-0.15, -0.1) is 0 Å². The summed E-state index contributed by atoms with van der Waals surface area (Å²) < 4.78 is 0. The zero-order valence-electron chi connectivity index (χ0n) is 11.3. The summed E-state index contributed by atoms with van der Waals surface area (Å²) >= 11 is 0. The van der Waals surface area contributed by atoms with Gasteiger partial charge in [0.25, 0.3) is 0 Å². The van der Waals surface area contributed by atoms with Crippen LogP contribution in [0.5, 0.6) is 0 Å². The van der Waals surface area contributed by atoms with Gasteiger partial charge in [-0.25, -0.2) is 0 Å². The number of hydrogen-bond acceptors (Lipinski definition) is 2. The van der Waals surface area contributed by atoms with Crippen molar-refractivity contribution in [3.8, 4) is 0 Å². The van der Waals surface area contributed by atoms with E-state index < -0.39 is 0 Å². The van der Waals surface area contributed by atoms with Crippen LogP contribution in [-0.4, -0.2) is 17.4 Å². The average molecular weight is 246 g/mol. The molecule has 0 spiro atoms. The van der Waals surface area contributed by atoms with Crippen molar-refractivity contribution in [2.24, 2.45) is 5.92 Å². The highest BCUT2D eigenvalue weighted by molar-refractivity contribution is 5.77. The fourth-order valence-electron chi connectivity index (χ4n) is 2.39. The maximum atomic E-state index is 12.1. The van der Waals surface area contributed by atoms with E-state index in [0.717, 1.165) is 30.6 Å².